The van der Waals surface area contributed by atoms with Gasteiger partial charge in [0.2, 0.25) is 0 Å². The van der Waals surface area contributed by atoms with Crippen molar-refractivity contribution in [1.29, 1.82) is 0 Å². The van der Waals surface area contributed by atoms with Crippen molar-refractivity contribution >= 4 is 22.7 Å². The van der Waals surface area contributed by atoms with E-state index in [-0.39, 0.29) is 10.6 Å². The van der Waals surface area contributed by atoms with Gasteiger partial charge < -0.3 is 4.57 Å². The molecular weight excluding hydrogens is 334 g/mol. The summed E-state index contributed by atoms with van der Waals surface area (Å²) in [6.45, 7) is 2.98. The number of hydrogen-bond acceptors (Lipinski definition) is 4. The normalized spacial score (nSPS) is 11.6. The van der Waals surface area contributed by atoms with E-state index in [0.717, 1.165) is 41.1 Å². The van der Waals surface area contributed by atoms with Gasteiger partial charge in [0.15, 0.2) is 4.80 Å². The Kier molecular flexibility index (Phi) is 5.40. The molecule has 0 amide bonds. The van der Waals surface area contributed by atoms with Crippen molar-refractivity contribution in [3.63, 3.8) is 0 Å². The first kappa shape index (κ1) is 17.1. The van der Waals surface area contributed by atoms with Crippen LogP contribution in [-0.4, -0.2) is 9.49 Å². The predicted octanol–water partition coefficient (Wildman–Crippen LogP) is 5.16. The van der Waals surface area contributed by atoms with Crippen molar-refractivity contribution in [2.24, 2.45) is 4.99 Å². The number of benzene rings is 2. The SMILES string of the molecule is CCCCn1c(-c2cccc([N+](=O)[O-])c2)csc1=Nc1ccccc1. The van der Waals surface area contributed by atoms with Gasteiger partial charge in [-0.1, -0.05) is 43.7 Å². The standard InChI is InChI=1S/C19H19N3O2S/c1-2-3-12-21-18(15-8-7-11-17(13-15)22(23)24)14-25-19(21)20-16-9-5-4-6-10-16/h4-11,13-14H,2-3,12H2,1H3. The number of non-ortho nitro benzene ring substituents is 1. The number of thiazole rings is 1. The van der Waals surface area contributed by atoms with Crippen LogP contribution >= 0.6 is 11.3 Å². The Balaban J connectivity index is 2.10. The summed E-state index contributed by atoms with van der Waals surface area (Å²) in [6, 6.07) is 16.6. The molecule has 0 bridgehead atoms. The van der Waals surface area contributed by atoms with E-state index in [0.29, 0.717) is 0 Å². The number of hydrogen-bond donors (Lipinski definition) is 0. The molecule has 0 unspecified atom stereocenters. The number of nitrogens with zero attached hydrogens (tertiary/aromatic N) is 3. The van der Waals surface area contributed by atoms with Gasteiger partial charge in [0.05, 0.1) is 16.3 Å². The van der Waals surface area contributed by atoms with Gasteiger partial charge >= 0.3 is 0 Å². The van der Waals surface area contributed by atoms with Gasteiger partial charge in [-0.25, -0.2) is 4.99 Å². The van der Waals surface area contributed by atoms with Crippen LogP contribution in [0.1, 0.15) is 19.8 Å². The van der Waals surface area contributed by atoms with Crippen LogP contribution in [0.5, 0.6) is 0 Å². The molecule has 2 aromatic carbocycles. The van der Waals surface area contributed by atoms with E-state index >= 15 is 0 Å². The predicted molar refractivity (Wildman–Crippen MR) is 101 cm³/mol. The smallest absolute Gasteiger partial charge is 0.270 e. The van der Waals surface area contributed by atoms with E-state index < -0.39 is 0 Å². The molecule has 0 N–H and O–H groups in total. The zero-order valence-corrected chi connectivity index (χ0v) is 14.8. The van der Waals surface area contributed by atoms with Crippen molar-refractivity contribution in [2.45, 2.75) is 26.3 Å². The van der Waals surface area contributed by atoms with Crippen molar-refractivity contribution in [2.75, 3.05) is 0 Å². The molecule has 0 atom stereocenters. The average Bonchev–Trinajstić information content (AvgIpc) is 3.03. The highest BCUT2D eigenvalue weighted by molar-refractivity contribution is 7.07. The quantitative estimate of drug-likeness (QED) is 0.454. The molecule has 0 aliphatic rings. The zero-order chi connectivity index (χ0) is 17.6. The molecule has 5 nitrogen and oxygen atoms in total. The zero-order valence-electron chi connectivity index (χ0n) is 14.0. The maximum absolute atomic E-state index is 11.1. The Hall–Kier alpha value is -2.73. The first-order chi connectivity index (χ1) is 12.2. The molecule has 0 fully saturated rings. The molecule has 1 heterocycles. The summed E-state index contributed by atoms with van der Waals surface area (Å²) < 4.78 is 2.15. The Morgan fingerprint density at radius 1 is 1.16 bits per heavy atom. The van der Waals surface area contributed by atoms with Crippen molar-refractivity contribution in [3.05, 3.63) is 74.9 Å². The van der Waals surface area contributed by atoms with Crippen LogP contribution in [0.15, 0.2) is 65.0 Å². The van der Waals surface area contributed by atoms with E-state index in [4.69, 9.17) is 4.99 Å². The fourth-order valence-corrected chi connectivity index (χ4v) is 3.53. The first-order valence-electron chi connectivity index (χ1n) is 8.22. The largest absolute Gasteiger partial charge is 0.316 e. The molecule has 0 radical (unpaired) electrons. The summed E-state index contributed by atoms with van der Waals surface area (Å²) >= 11 is 1.56. The lowest BCUT2D eigenvalue weighted by molar-refractivity contribution is -0.384. The second-order valence-corrected chi connectivity index (χ2v) is 6.50. The summed E-state index contributed by atoms with van der Waals surface area (Å²) in [7, 11) is 0. The average molecular weight is 353 g/mol. The Labute approximate surface area is 150 Å². The fourth-order valence-electron chi connectivity index (χ4n) is 2.57. The number of para-hydroxylation sites is 1. The van der Waals surface area contributed by atoms with Gasteiger partial charge in [0.1, 0.15) is 0 Å². The van der Waals surface area contributed by atoms with Crippen LogP contribution in [0.3, 0.4) is 0 Å². The first-order valence-corrected chi connectivity index (χ1v) is 9.10. The Morgan fingerprint density at radius 2 is 1.96 bits per heavy atom. The highest BCUT2D eigenvalue weighted by atomic mass is 32.1. The van der Waals surface area contributed by atoms with Gasteiger partial charge in [0.25, 0.3) is 5.69 Å². The van der Waals surface area contributed by atoms with E-state index in [1.54, 1.807) is 23.5 Å². The molecule has 25 heavy (non-hydrogen) atoms. The fraction of sp³-hybridized carbons (Fsp3) is 0.211. The van der Waals surface area contributed by atoms with Crippen LogP contribution in [0.2, 0.25) is 0 Å². The minimum absolute atomic E-state index is 0.104. The molecule has 0 aliphatic carbocycles. The Morgan fingerprint density at radius 3 is 2.68 bits per heavy atom. The van der Waals surface area contributed by atoms with E-state index in [9.17, 15) is 10.1 Å². The highest BCUT2D eigenvalue weighted by Gasteiger charge is 2.12. The lowest BCUT2D eigenvalue weighted by Crippen LogP contribution is -2.15. The van der Waals surface area contributed by atoms with E-state index in [1.165, 1.54) is 6.07 Å². The molecule has 0 spiro atoms. The van der Waals surface area contributed by atoms with Crippen LogP contribution in [0.25, 0.3) is 11.3 Å². The van der Waals surface area contributed by atoms with E-state index in [1.807, 2.05) is 41.8 Å². The van der Waals surface area contributed by atoms with Gasteiger partial charge in [-0.15, -0.1) is 11.3 Å². The molecule has 6 heteroatoms. The van der Waals surface area contributed by atoms with Gasteiger partial charge in [-0.05, 0) is 18.6 Å². The van der Waals surface area contributed by atoms with Gasteiger partial charge in [0, 0.05) is 29.6 Å². The van der Waals surface area contributed by atoms with Gasteiger partial charge in [-0.2, -0.15) is 0 Å². The third kappa shape index (κ3) is 4.03. The topological polar surface area (TPSA) is 60.4 Å². The number of rotatable bonds is 6. The number of nitro benzene ring substituents is 1. The maximum atomic E-state index is 11.1. The van der Waals surface area contributed by atoms with Crippen molar-refractivity contribution in [3.8, 4) is 11.3 Å². The molecule has 0 saturated heterocycles. The minimum atomic E-state index is -0.360. The highest BCUT2D eigenvalue weighted by Crippen LogP contribution is 2.25. The number of aromatic nitrogens is 1. The molecule has 0 aliphatic heterocycles. The summed E-state index contributed by atoms with van der Waals surface area (Å²) in [5, 5.41) is 13.1. The summed E-state index contributed by atoms with van der Waals surface area (Å²) in [5.74, 6) is 0. The second kappa shape index (κ2) is 7.90. The molecule has 128 valence electrons. The van der Waals surface area contributed by atoms with Crippen LogP contribution < -0.4 is 4.80 Å². The number of unbranched alkanes of at least 4 members (excludes halogenated alkanes) is 1. The molecule has 0 saturated carbocycles. The summed E-state index contributed by atoms with van der Waals surface area (Å²) in [5.41, 5.74) is 2.82. The molecule has 3 rings (SSSR count). The van der Waals surface area contributed by atoms with Crippen molar-refractivity contribution in [1.82, 2.24) is 4.57 Å². The third-order valence-electron chi connectivity index (χ3n) is 3.87. The lowest BCUT2D eigenvalue weighted by Gasteiger charge is -2.08. The summed E-state index contributed by atoms with van der Waals surface area (Å²) in [4.78, 5) is 16.4. The molecular formula is C19H19N3O2S. The summed E-state index contributed by atoms with van der Waals surface area (Å²) in [6.07, 6.45) is 2.10. The van der Waals surface area contributed by atoms with Gasteiger partial charge in [-0.3, -0.25) is 10.1 Å². The van der Waals surface area contributed by atoms with Crippen LogP contribution in [0, 0.1) is 10.1 Å². The van der Waals surface area contributed by atoms with Crippen LogP contribution in [-0.2, 0) is 6.54 Å². The van der Waals surface area contributed by atoms with E-state index in [2.05, 4.69) is 11.5 Å². The monoisotopic (exact) mass is 353 g/mol. The number of nitro groups is 1. The Bertz CT molecular complexity index is 929. The van der Waals surface area contributed by atoms with Crippen molar-refractivity contribution < 1.29 is 4.92 Å². The third-order valence-corrected chi connectivity index (χ3v) is 4.73. The molecule has 3 aromatic rings. The maximum Gasteiger partial charge on any atom is 0.270 e. The minimum Gasteiger partial charge on any atom is -0.316 e. The molecule has 1 aromatic heterocycles. The second-order valence-electron chi connectivity index (χ2n) is 5.66. The lowest BCUT2D eigenvalue weighted by atomic mass is 10.1. The van der Waals surface area contributed by atoms with Crippen LogP contribution in [0.4, 0.5) is 11.4 Å².